The van der Waals surface area contributed by atoms with Gasteiger partial charge in [-0.2, -0.15) is 15.0 Å². The number of methoxy groups -OCH3 is 2. The van der Waals surface area contributed by atoms with Gasteiger partial charge in [0, 0.05) is 6.54 Å². The zero-order chi connectivity index (χ0) is 25.0. The molecule has 0 saturated carbocycles. The van der Waals surface area contributed by atoms with Gasteiger partial charge in [-0.3, -0.25) is 9.36 Å². The third-order valence-corrected chi connectivity index (χ3v) is 6.71. The third kappa shape index (κ3) is 7.68. The number of anilines is 1. The lowest BCUT2D eigenvalue weighted by Crippen LogP contribution is -2.37. The number of nitrogens with zero attached hydrogens (tertiary/aromatic N) is 5. The van der Waals surface area contributed by atoms with Crippen molar-refractivity contribution in [1.29, 1.82) is 0 Å². The van der Waals surface area contributed by atoms with Crippen LogP contribution >= 0.6 is 0 Å². The van der Waals surface area contributed by atoms with Gasteiger partial charge in [-0.25, -0.2) is 0 Å². The number of nitrogen functional groups attached to an aromatic ring is 1. The first-order chi connectivity index (χ1) is 17.1. The van der Waals surface area contributed by atoms with E-state index in [-0.39, 0.29) is 11.9 Å². The minimum absolute atomic E-state index is 0.0531. The molecule has 10 nitrogen and oxygen atoms in total. The van der Waals surface area contributed by atoms with Crippen molar-refractivity contribution in [3.05, 3.63) is 0 Å². The molecule has 1 fully saturated rings. The number of nitrogens with two attached hydrogens (primary N) is 1. The number of ether oxygens (including phenoxy) is 3. The van der Waals surface area contributed by atoms with E-state index in [1.807, 2.05) is 4.57 Å². The van der Waals surface area contributed by atoms with Crippen molar-refractivity contribution in [3.63, 3.8) is 0 Å². The Kier molecular flexibility index (Phi) is 10.8. The summed E-state index contributed by atoms with van der Waals surface area (Å²) in [4.78, 5) is 27.4. The second-order valence-electron chi connectivity index (χ2n) is 9.28. The van der Waals surface area contributed by atoms with Crippen molar-refractivity contribution in [2.45, 2.75) is 77.7 Å². The molecule has 0 bridgehead atoms. The summed E-state index contributed by atoms with van der Waals surface area (Å²) in [5, 5.41) is 0. The van der Waals surface area contributed by atoms with Crippen molar-refractivity contribution in [2.75, 3.05) is 46.2 Å². The Bertz CT molecular complexity index is 926. The lowest BCUT2D eigenvalue weighted by Gasteiger charge is -2.30. The standard InChI is InChI=1S/C25H42N6O4/c1-4-5-18-35-24-28-21(26)20-22(29-24)31(25(27-20)34-3)15-11-9-7-6-8-10-14-30-16-12-19(13-17-30)23(32)33-2/h19H,4-18H2,1-3H3,(H2,26,28,29). The van der Waals surface area contributed by atoms with Crippen molar-refractivity contribution < 1.29 is 19.0 Å². The molecule has 1 aliphatic rings. The number of aryl methyl sites for hydroxylation is 1. The molecule has 3 heterocycles. The van der Waals surface area contributed by atoms with Crippen LogP contribution in [0.5, 0.6) is 12.0 Å². The fourth-order valence-corrected chi connectivity index (χ4v) is 4.58. The highest BCUT2D eigenvalue weighted by Gasteiger charge is 2.25. The number of hydrogen-bond donors (Lipinski definition) is 1. The zero-order valence-corrected chi connectivity index (χ0v) is 21.6. The first-order valence-electron chi connectivity index (χ1n) is 13.1. The van der Waals surface area contributed by atoms with Gasteiger partial charge in [0.15, 0.2) is 17.0 Å². The molecule has 196 valence electrons. The molecule has 0 unspecified atom stereocenters. The van der Waals surface area contributed by atoms with E-state index >= 15 is 0 Å². The normalized spacial score (nSPS) is 14.9. The highest BCUT2D eigenvalue weighted by molar-refractivity contribution is 5.83. The van der Waals surface area contributed by atoms with Gasteiger partial charge >= 0.3 is 12.0 Å². The summed E-state index contributed by atoms with van der Waals surface area (Å²) in [6.45, 7) is 6.56. The van der Waals surface area contributed by atoms with E-state index in [1.54, 1.807) is 7.11 Å². The topological polar surface area (TPSA) is 118 Å². The molecule has 2 aromatic rings. The maximum Gasteiger partial charge on any atom is 0.320 e. The van der Waals surface area contributed by atoms with Crippen LogP contribution < -0.4 is 15.2 Å². The maximum absolute atomic E-state index is 11.6. The number of piperidine rings is 1. The van der Waals surface area contributed by atoms with E-state index in [0.717, 1.165) is 64.7 Å². The highest BCUT2D eigenvalue weighted by atomic mass is 16.5. The van der Waals surface area contributed by atoms with Crippen LogP contribution in [-0.4, -0.2) is 70.8 Å². The maximum atomic E-state index is 11.6. The number of unbranched alkanes of at least 4 members (excludes halogenated alkanes) is 6. The van der Waals surface area contributed by atoms with Crippen LogP contribution in [0.2, 0.25) is 0 Å². The Hall–Kier alpha value is -2.62. The Morgan fingerprint density at radius 3 is 2.31 bits per heavy atom. The Balaban J connectivity index is 1.37. The first-order valence-corrected chi connectivity index (χ1v) is 13.1. The third-order valence-electron chi connectivity index (χ3n) is 6.71. The van der Waals surface area contributed by atoms with Crippen molar-refractivity contribution in [1.82, 2.24) is 24.4 Å². The number of fused-ring (bicyclic) bond motifs is 1. The molecular formula is C25H42N6O4. The lowest BCUT2D eigenvalue weighted by molar-refractivity contribution is -0.147. The van der Waals surface area contributed by atoms with Crippen LogP contribution in [0.3, 0.4) is 0 Å². The van der Waals surface area contributed by atoms with Crippen molar-refractivity contribution >= 4 is 23.0 Å². The fraction of sp³-hybridized carbons (Fsp3) is 0.760. The van der Waals surface area contributed by atoms with Gasteiger partial charge in [0.05, 0.1) is 26.7 Å². The second-order valence-corrected chi connectivity index (χ2v) is 9.28. The number of carbonyl (C=O) groups is 1. The molecule has 0 aliphatic carbocycles. The van der Waals surface area contributed by atoms with Gasteiger partial charge < -0.3 is 24.8 Å². The van der Waals surface area contributed by atoms with Crippen molar-refractivity contribution in [3.8, 4) is 12.0 Å². The summed E-state index contributed by atoms with van der Waals surface area (Å²) in [5.41, 5.74) is 7.33. The summed E-state index contributed by atoms with van der Waals surface area (Å²) in [5.74, 6) is 0.348. The first kappa shape index (κ1) is 27.0. The molecule has 35 heavy (non-hydrogen) atoms. The molecule has 0 amide bonds. The van der Waals surface area contributed by atoms with E-state index in [1.165, 1.54) is 32.8 Å². The molecule has 0 spiro atoms. The predicted molar refractivity (Wildman–Crippen MR) is 136 cm³/mol. The number of rotatable bonds is 15. The van der Waals surface area contributed by atoms with Crippen LogP contribution in [0.1, 0.15) is 71.1 Å². The quantitative estimate of drug-likeness (QED) is 0.293. The average molecular weight is 491 g/mol. The number of aromatic nitrogens is 4. The van der Waals surface area contributed by atoms with E-state index in [0.29, 0.717) is 35.6 Å². The van der Waals surface area contributed by atoms with E-state index in [4.69, 9.17) is 19.9 Å². The molecule has 0 aromatic carbocycles. The molecule has 1 aliphatic heterocycles. The van der Waals surface area contributed by atoms with Gasteiger partial charge in [0.25, 0.3) is 6.01 Å². The van der Waals surface area contributed by atoms with Crippen molar-refractivity contribution in [2.24, 2.45) is 5.92 Å². The van der Waals surface area contributed by atoms with E-state index in [9.17, 15) is 4.79 Å². The molecular weight excluding hydrogens is 448 g/mol. The largest absolute Gasteiger partial charge is 0.469 e. The highest BCUT2D eigenvalue weighted by Crippen LogP contribution is 2.26. The minimum atomic E-state index is -0.0531. The molecule has 0 radical (unpaired) electrons. The number of hydrogen-bond acceptors (Lipinski definition) is 9. The lowest BCUT2D eigenvalue weighted by atomic mass is 9.97. The zero-order valence-electron chi connectivity index (χ0n) is 21.6. The summed E-state index contributed by atoms with van der Waals surface area (Å²) >= 11 is 0. The van der Waals surface area contributed by atoms with Gasteiger partial charge in [0.1, 0.15) is 0 Å². The molecule has 2 aromatic heterocycles. The summed E-state index contributed by atoms with van der Waals surface area (Å²) in [7, 11) is 3.09. The van der Waals surface area contributed by atoms with Gasteiger partial charge in [-0.05, 0) is 51.7 Å². The Morgan fingerprint density at radius 2 is 1.66 bits per heavy atom. The molecule has 10 heteroatoms. The summed E-state index contributed by atoms with van der Waals surface area (Å²) in [6, 6.07) is 0.796. The monoisotopic (exact) mass is 490 g/mol. The van der Waals surface area contributed by atoms with E-state index < -0.39 is 0 Å². The molecule has 3 rings (SSSR count). The number of esters is 1. The van der Waals surface area contributed by atoms with Crippen LogP contribution in [-0.2, 0) is 16.1 Å². The molecule has 1 saturated heterocycles. The van der Waals surface area contributed by atoms with Crippen LogP contribution in [0.25, 0.3) is 11.2 Å². The van der Waals surface area contributed by atoms with Crippen LogP contribution in [0, 0.1) is 5.92 Å². The molecule has 0 atom stereocenters. The van der Waals surface area contributed by atoms with Crippen LogP contribution in [0.15, 0.2) is 0 Å². The fourth-order valence-electron chi connectivity index (χ4n) is 4.58. The van der Waals surface area contributed by atoms with E-state index in [2.05, 4.69) is 26.8 Å². The van der Waals surface area contributed by atoms with Gasteiger partial charge in [-0.1, -0.05) is 39.0 Å². The second kappa shape index (κ2) is 14.1. The Morgan fingerprint density at radius 1 is 0.971 bits per heavy atom. The van der Waals surface area contributed by atoms with Gasteiger partial charge in [-0.15, -0.1) is 0 Å². The Labute approximate surface area is 208 Å². The smallest absolute Gasteiger partial charge is 0.320 e. The summed E-state index contributed by atoms with van der Waals surface area (Å²) in [6.07, 6.45) is 10.8. The number of imidazole rings is 1. The number of likely N-dealkylation sites (tertiary alicyclic amines) is 1. The van der Waals surface area contributed by atoms with Crippen LogP contribution in [0.4, 0.5) is 5.82 Å². The summed E-state index contributed by atoms with van der Waals surface area (Å²) < 4.78 is 18.0. The average Bonchev–Trinajstić information content (AvgIpc) is 3.23. The van der Waals surface area contributed by atoms with Gasteiger partial charge in [0.2, 0.25) is 0 Å². The molecule has 2 N–H and O–H groups in total. The minimum Gasteiger partial charge on any atom is -0.469 e. The predicted octanol–water partition coefficient (Wildman–Crippen LogP) is 3.82. The SMILES string of the molecule is CCCCOc1nc(N)c2nc(OC)n(CCCCCCCCN3CCC(C(=O)OC)CC3)c2n1. The number of carbonyl (C=O) groups excluding carboxylic acids is 1.